The van der Waals surface area contributed by atoms with Crippen molar-refractivity contribution in [3.8, 4) is 0 Å². The molecule has 78 valence electrons. The fourth-order valence-corrected chi connectivity index (χ4v) is 2.35. The lowest BCUT2D eigenvalue weighted by atomic mass is 10.0. The summed E-state index contributed by atoms with van der Waals surface area (Å²) in [5, 5.41) is 12.2. The van der Waals surface area contributed by atoms with Crippen molar-refractivity contribution >= 4 is 10.9 Å². The molecule has 1 unspecified atom stereocenters. The number of aromatic nitrogens is 2. The Morgan fingerprint density at radius 3 is 3.13 bits per heavy atom. The van der Waals surface area contributed by atoms with Gasteiger partial charge in [0.05, 0.1) is 5.52 Å². The largest absolute Gasteiger partial charge is 0.316 e. The van der Waals surface area contributed by atoms with Crippen LogP contribution in [0.2, 0.25) is 0 Å². The number of hydrogen-bond acceptors (Lipinski definition) is 2. The SMILES string of the molecule is c1ccc2c(CC3CCNC3)[nH]nc2c1. The normalized spacial score (nSPS) is 21.2. The molecule has 3 heteroatoms. The number of para-hydroxylation sites is 1. The minimum Gasteiger partial charge on any atom is -0.316 e. The average molecular weight is 201 g/mol. The van der Waals surface area contributed by atoms with Gasteiger partial charge in [0.2, 0.25) is 0 Å². The molecule has 1 aliphatic rings. The van der Waals surface area contributed by atoms with E-state index in [4.69, 9.17) is 0 Å². The third-order valence-electron chi connectivity index (χ3n) is 3.20. The van der Waals surface area contributed by atoms with Crippen LogP contribution in [-0.2, 0) is 6.42 Å². The van der Waals surface area contributed by atoms with Crippen molar-refractivity contribution in [2.45, 2.75) is 12.8 Å². The number of H-pyrrole nitrogens is 1. The lowest BCUT2D eigenvalue weighted by Gasteiger charge is -2.05. The number of nitrogens with zero attached hydrogens (tertiary/aromatic N) is 1. The minimum absolute atomic E-state index is 0.772. The number of nitrogens with one attached hydrogen (secondary N) is 2. The maximum Gasteiger partial charge on any atom is 0.0923 e. The third kappa shape index (κ3) is 1.63. The van der Waals surface area contributed by atoms with Crippen LogP contribution >= 0.6 is 0 Å². The van der Waals surface area contributed by atoms with Gasteiger partial charge < -0.3 is 5.32 Å². The highest BCUT2D eigenvalue weighted by atomic mass is 15.1. The summed E-state index contributed by atoms with van der Waals surface area (Å²) in [5.41, 5.74) is 2.37. The van der Waals surface area contributed by atoms with E-state index < -0.39 is 0 Å². The van der Waals surface area contributed by atoms with E-state index >= 15 is 0 Å². The van der Waals surface area contributed by atoms with Crippen molar-refractivity contribution in [1.29, 1.82) is 0 Å². The lowest BCUT2D eigenvalue weighted by molar-refractivity contribution is 0.573. The Morgan fingerprint density at radius 2 is 2.27 bits per heavy atom. The molecule has 3 nitrogen and oxygen atoms in total. The minimum atomic E-state index is 0.772. The van der Waals surface area contributed by atoms with E-state index in [1.54, 1.807) is 0 Å². The van der Waals surface area contributed by atoms with Crippen LogP contribution in [0.4, 0.5) is 0 Å². The van der Waals surface area contributed by atoms with Gasteiger partial charge in [-0.15, -0.1) is 0 Å². The van der Waals surface area contributed by atoms with E-state index in [9.17, 15) is 0 Å². The predicted molar refractivity (Wildman–Crippen MR) is 60.8 cm³/mol. The zero-order valence-electron chi connectivity index (χ0n) is 8.66. The second-order valence-corrected chi connectivity index (χ2v) is 4.28. The Kier molecular flexibility index (Phi) is 2.18. The average Bonchev–Trinajstić information content (AvgIpc) is 2.89. The maximum absolute atomic E-state index is 4.32. The zero-order valence-corrected chi connectivity index (χ0v) is 8.66. The van der Waals surface area contributed by atoms with Crippen LogP contribution in [0.3, 0.4) is 0 Å². The quantitative estimate of drug-likeness (QED) is 0.776. The van der Waals surface area contributed by atoms with Gasteiger partial charge in [-0.05, 0) is 37.9 Å². The van der Waals surface area contributed by atoms with Crippen LogP contribution in [0, 0.1) is 5.92 Å². The Bertz CT molecular complexity index is 455. The summed E-state index contributed by atoms with van der Waals surface area (Å²) < 4.78 is 0. The van der Waals surface area contributed by atoms with Gasteiger partial charge in [-0.3, -0.25) is 5.10 Å². The summed E-state index contributed by atoms with van der Waals surface area (Å²) in [6, 6.07) is 8.32. The number of rotatable bonds is 2. The Labute approximate surface area is 88.9 Å². The molecule has 1 fully saturated rings. The maximum atomic E-state index is 4.32. The second-order valence-electron chi connectivity index (χ2n) is 4.28. The van der Waals surface area contributed by atoms with Crippen LogP contribution in [0.15, 0.2) is 24.3 Å². The first-order valence-electron chi connectivity index (χ1n) is 5.56. The highest BCUT2D eigenvalue weighted by Crippen LogP contribution is 2.20. The van der Waals surface area contributed by atoms with Gasteiger partial charge in [0.25, 0.3) is 0 Å². The molecule has 1 aromatic carbocycles. The van der Waals surface area contributed by atoms with Crippen molar-refractivity contribution in [2.75, 3.05) is 13.1 Å². The van der Waals surface area contributed by atoms with Crippen molar-refractivity contribution in [3.05, 3.63) is 30.0 Å². The molecule has 0 radical (unpaired) electrons. The van der Waals surface area contributed by atoms with Crippen LogP contribution in [0.5, 0.6) is 0 Å². The van der Waals surface area contributed by atoms with E-state index in [-0.39, 0.29) is 0 Å². The summed E-state index contributed by atoms with van der Waals surface area (Å²) in [6.45, 7) is 2.31. The molecular weight excluding hydrogens is 186 g/mol. The van der Waals surface area contributed by atoms with Crippen LogP contribution < -0.4 is 5.32 Å². The van der Waals surface area contributed by atoms with Gasteiger partial charge in [-0.2, -0.15) is 5.10 Å². The lowest BCUT2D eigenvalue weighted by Crippen LogP contribution is -2.11. The van der Waals surface area contributed by atoms with E-state index in [2.05, 4.69) is 33.7 Å². The second kappa shape index (κ2) is 3.66. The molecule has 2 N–H and O–H groups in total. The summed E-state index contributed by atoms with van der Waals surface area (Å²) in [7, 11) is 0. The van der Waals surface area contributed by atoms with Gasteiger partial charge in [0, 0.05) is 11.1 Å². The molecule has 1 aliphatic heterocycles. The van der Waals surface area contributed by atoms with Crippen molar-refractivity contribution in [2.24, 2.45) is 5.92 Å². The number of fused-ring (bicyclic) bond motifs is 1. The summed E-state index contributed by atoms with van der Waals surface area (Å²) in [6.07, 6.45) is 2.40. The number of aromatic amines is 1. The molecule has 2 heterocycles. The molecule has 0 amide bonds. The first-order valence-corrected chi connectivity index (χ1v) is 5.56. The fourth-order valence-electron chi connectivity index (χ4n) is 2.35. The molecule has 1 saturated heterocycles. The topological polar surface area (TPSA) is 40.7 Å². The third-order valence-corrected chi connectivity index (χ3v) is 3.20. The van der Waals surface area contributed by atoms with Gasteiger partial charge in [0.15, 0.2) is 0 Å². The van der Waals surface area contributed by atoms with Gasteiger partial charge in [-0.25, -0.2) is 0 Å². The first-order chi connectivity index (χ1) is 7.43. The molecule has 0 aliphatic carbocycles. The van der Waals surface area contributed by atoms with Crippen LogP contribution in [0.25, 0.3) is 10.9 Å². The van der Waals surface area contributed by atoms with Crippen molar-refractivity contribution in [3.63, 3.8) is 0 Å². The van der Waals surface area contributed by atoms with E-state index in [1.165, 1.54) is 17.5 Å². The van der Waals surface area contributed by atoms with E-state index in [0.717, 1.165) is 30.9 Å². The molecule has 1 atom stereocenters. The van der Waals surface area contributed by atoms with Crippen molar-refractivity contribution in [1.82, 2.24) is 15.5 Å². The number of hydrogen-bond donors (Lipinski definition) is 2. The zero-order chi connectivity index (χ0) is 10.1. The standard InChI is InChI=1S/C12H15N3/c1-2-4-11-10(3-1)12(15-14-11)7-9-5-6-13-8-9/h1-4,9,13H,5-8H2,(H,14,15). The molecule has 3 rings (SSSR count). The smallest absolute Gasteiger partial charge is 0.0923 e. The first kappa shape index (κ1) is 8.92. The van der Waals surface area contributed by atoms with E-state index in [0.29, 0.717) is 0 Å². The molecule has 0 bridgehead atoms. The summed E-state index contributed by atoms with van der Waals surface area (Å²) >= 11 is 0. The monoisotopic (exact) mass is 201 g/mol. The van der Waals surface area contributed by atoms with Crippen LogP contribution in [0.1, 0.15) is 12.1 Å². The summed E-state index contributed by atoms with van der Waals surface area (Å²) in [5.74, 6) is 0.772. The molecular formula is C12H15N3. The fraction of sp³-hybridized carbons (Fsp3) is 0.417. The summed E-state index contributed by atoms with van der Waals surface area (Å²) in [4.78, 5) is 0. The molecule has 0 saturated carbocycles. The highest BCUT2D eigenvalue weighted by molar-refractivity contribution is 5.81. The van der Waals surface area contributed by atoms with E-state index in [1.807, 2.05) is 6.07 Å². The Morgan fingerprint density at radius 1 is 1.33 bits per heavy atom. The highest BCUT2D eigenvalue weighted by Gasteiger charge is 2.16. The molecule has 15 heavy (non-hydrogen) atoms. The molecule has 2 aromatic rings. The molecule has 1 aromatic heterocycles. The van der Waals surface area contributed by atoms with Crippen LogP contribution in [-0.4, -0.2) is 23.3 Å². The van der Waals surface area contributed by atoms with Gasteiger partial charge in [0.1, 0.15) is 0 Å². The molecule has 0 spiro atoms. The Hall–Kier alpha value is -1.35. The van der Waals surface area contributed by atoms with Gasteiger partial charge >= 0.3 is 0 Å². The van der Waals surface area contributed by atoms with Crippen molar-refractivity contribution < 1.29 is 0 Å². The number of benzene rings is 1. The predicted octanol–water partition coefficient (Wildman–Crippen LogP) is 1.71. The Balaban J connectivity index is 1.90. The van der Waals surface area contributed by atoms with Gasteiger partial charge in [-0.1, -0.05) is 18.2 Å².